The standard InChI is InChI=1S/C20H30N2O2/c1-5-6-10-13-20(4,15-21)22-17-14-23-19(2,3)24-18(17)16-11-8-7-9-12-16/h7-9,11-12,17-18,22H,5-6,10,13-14H2,1-4H3/t17-,18-,20-/m0/s1. The maximum absolute atomic E-state index is 9.68. The van der Waals surface area contributed by atoms with Gasteiger partial charge in [-0.15, -0.1) is 0 Å². The van der Waals surface area contributed by atoms with Crippen LogP contribution in [0.2, 0.25) is 0 Å². The van der Waals surface area contributed by atoms with Crippen molar-refractivity contribution in [3.8, 4) is 6.07 Å². The number of unbranched alkanes of at least 4 members (excludes halogenated alkanes) is 2. The lowest BCUT2D eigenvalue weighted by Crippen LogP contribution is -2.56. The number of nitriles is 1. The number of hydrogen-bond donors (Lipinski definition) is 1. The summed E-state index contributed by atoms with van der Waals surface area (Å²) in [6.45, 7) is 8.54. The third-order valence-electron chi connectivity index (χ3n) is 4.55. The Morgan fingerprint density at radius 2 is 2.00 bits per heavy atom. The minimum atomic E-state index is -0.621. The van der Waals surface area contributed by atoms with Crippen LogP contribution in [0.15, 0.2) is 30.3 Å². The van der Waals surface area contributed by atoms with Crippen LogP contribution in [0.1, 0.15) is 65.0 Å². The minimum absolute atomic E-state index is 0.0494. The van der Waals surface area contributed by atoms with E-state index in [0.29, 0.717) is 6.61 Å². The van der Waals surface area contributed by atoms with Gasteiger partial charge in [-0.25, -0.2) is 0 Å². The summed E-state index contributed by atoms with van der Waals surface area (Å²) >= 11 is 0. The molecule has 0 saturated carbocycles. The first-order chi connectivity index (χ1) is 11.4. The van der Waals surface area contributed by atoms with E-state index in [1.54, 1.807) is 0 Å². The molecule has 4 heteroatoms. The quantitative estimate of drug-likeness (QED) is 0.756. The largest absolute Gasteiger partial charge is 0.349 e. The molecule has 0 aliphatic carbocycles. The van der Waals surface area contributed by atoms with Gasteiger partial charge in [0.1, 0.15) is 11.6 Å². The van der Waals surface area contributed by atoms with Gasteiger partial charge in [-0.3, -0.25) is 5.32 Å². The Bertz CT molecular complexity index is 553. The number of nitrogens with one attached hydrogen (secondary N) is 1. The molecule has 0 spiro atoms. The number of rotatable bonds is 7. The first-order valence-corrected chi connectivity index (χ1v) is 8.95. The van der Waals surface area contributed by atoms with Gasteiger partial charge in [-0.1, -0.05) is 56.5 Å². The van der Waals surface area contributed by atoms with Crippen molar-refractivity contribution in [1.29, 1.82) is 5.26 Å². The van der Waals surface area contributed by atoms with Gasteiger partial charge in [0.2, 0.25) is 0 Å². The van der Waals surface area contributed by atoms with E-state index in [4.69, 9.17) is 9.47 Å². The van der Waals surface area contributed by atoms with Crippen LogP contribution in [0.3, 0.4) is 0 Å². The fraction of sp³-hybridized carbons (Fsp3) is 0.650. The molecular formula is C20H30N2O2. The molecule has 1 aliphatic rings. The zero-order valence-corrected chi connectivity index (χ0v) is 15.3. The van der Waals surface area contributed by atoms with Gasteiger partial charge in [0.25, 0.3) is 0 Å². The fourth-order valence-electron chi connectivity index (χ4n) is 3.16. The van der Waals surface area contributed by atoms with E-state index in [-0.39, 0.29) is 12.1 Å². The molecule has 132 valence electrons. The molecule has 0 bridgehead atoms. The topological polar surface area (TPSA) is 54.3 Å². The van der Waals surface area contributed by atoms with E-state index < -0.39 is 11.3 Å². The minimum Gasteiger partial charge on any atom is -0.349 e. The molecule has 3 atom stereocenters. The van der Waals surface area contributed by atoms with Crippen LogP contribution in [-0.2, 0) is 9.47 Å². The number of benzene rings is 1. The highest BCUT2D eigenvalue weighted by Gasteiger charge is 2.40. The molecule has 24 heavy (non-hydrogen) atoms. The average molecular weight is 330 g/mol. The first kappa shape index (κ1) is 18.9. The third kappa shape index (κ3) is 5.04. The summed E-state index contributed by atoms with van der Waals surface area (Å²) in [4.78, 5) is 0. The van der Waals surface area contributed by atoms with Crippen molar-refractivity contribution in [3.05, 3.63) is 35.9 Å². The second-order valence-electron chi connectivity index (χ2n) is 7.31. The Kier molecular flexibility index (Phi) is 6.40. The number of nitrogens with zero attached hydrogens (tertiary/aromatic N) is 1. The molecule has 1 aliphatic heterocycles. The van der Waals surface area contributed by atoms with Crippen molar-refractivity contribution in [1.82, 2.24) is 5.32 Å². The first-order valence-electron chi connectivity index (χ1n) is 8.95. The molecular weight excluding hydrogens is 300 g/mol. The van der Waals surface area contributed by atoms with Crippen molar-refractivity contribution in [3.63, 3.8) is 0 Å². The van der Waals surface area contributed by atoms with Crippen LogP contribution in [-0.4, -0.2) is 24.0 Å². The second kappa shape index (κ2) is 8.11. The van der Waals surface area contributed by atoms with E-state index >= 15 is 0 Å². The number of hydrogen-bond acceptors (Lipinski definition) is 4. The van der Waals surface area contributed by atoms with Gasteiger partial charge < -0.3 is 9.47 Å². The van der Waals surface area contributed by atoms with Crippen LogP contribution < -0.4 is 5.32 Å². The van der Waals surface area contributed by atoms with Crippen molar-refractivity contribution >= 4 is 0 Å². The summed E-state index contributed by atoms with van der Waals surface area (Å²) in [5, 5.41) is 13.2. The maximum atomic E-state index is 9.68. The van der Waals surface area contributed by atoms with Gasteiger partial charge in [-0.05, 0) is 32.8 Å². The summed E-state index contributed by atoms with van der Waals surface area (Å²) in [5.41, 5.74) is 0.543. The maximum Gasteiger partial charge on any atom is 0.163 e. The predicted molar refractivity (Wildman–Crippen MR) is 95.4 cm³/mol. The fourth-order valence-corrected chi connectivity index (χ4v) is 3.16. The molecule has 0 aromatic heterocycles. The van der Waals surface area contributed by atoms with Crippen molar-refractivity contribution < 1.29 is 9.47 Å². The summed E-state index contributed by atoms with van der Waals surface area (Å²) < 4.78 is 12.0. The Labute approximate surface area is 146 Å². The normalized spacial score (nSPS) is 25.6. The molecule has 0 unspecified atom stereocenters. The van der Waals surface area contributed by atoms with Crippen LogP contribution in [0.25, 0.3) is 0 Å². The van der Waals surface area contributed by atoms with Crippen molar-refractivity contribution in [2.45, 2.75) is 76.9 Å². The summed E-state index contributed by atoms with van der Waals surface area (Å²) in [7, 11) is 0. The smallest absolute Gasteiger partial charge is 0.163 e. The molecule has 1 heterocycles. The number of ether oxygens (including phenoxy) is 2. The van der Waals surface area contributed by atoms with Crippen LogP contribution in [0, 0.1) is 11.3 Å². The van der Waals surface area contributed by atoms with E-state index in [1.807, 2.05) is 39.0 Å². The zero-order valence-electron chi connectivity index (χ0n) is 15.3. The highest BCUT2D eigenvalue weighted by molar-refractivity contribution is 5.21. The summed E-state index contributed by atoms with van der Waals surface area (Å²) in [6, 6.07) is 12.6. The van der Waals surface area contributed by atoms with Crippen LogP contribution in [0.5, 0.6) is 0 Å². The average Bonchev–Trinajstić information content (AvgIpc) is 2.57. The molecule has 2 rings (SSSR count). The molecule has 1 aromatic rings. The van der Waals surface area contributed by atoms with Crippen molar-refractivity contribution in [2.75, 3.05) is 6.61 Å². The summed E-state index contributed by atoms with van der Waals surface area (Å²) in [6.07, 6.45) is 4.04. The van der Waals surface area contributed by atoms with Gasteiger partial charge in [0, 0.05) is 0 Å². The summed E-state index contributed by atoms with van der Waals surface area (Å²) in [5.74, 6) is -0.621. The van der Waals surface area contributed by atoms with Gasteiger partial charge in [0.05, 0.1) is 18.7 Å². The lowest BCUT2D eigenvalue weighted by Gasteiger charge is -2.43. The zero-order chi connectivity index (χ0) is 17.6. The molecule has 0 radical (unpaired) electrons. The van der Waals surface area contributed by atoms with Crippen molar-refractivity contribution in [2.24, 2.45) is 0 Å². The Morgan fingerprint density at radius 1 is 1.29 bits per heavy atom. The van der Waals surface area contributed by atoms with E-state index in [2.05, 4.69) is 30.4 Å². The third-order valence-corrected chi connectivity index (χ3v) is 4.55. The predicted octanol–water partition coefficient (Wildman–Crippen LogP) is 4.33. The Morgan fingerprint density at radius 3 is 2.62 bits per heavy atom. The molecule has 4 nitrogen and oxygen atoms in total. The highest BCUT2D eigenvalue weighted by Crippen LogP contribution is 2.34. The molecule has 1 aromatic carbocycles. The monoisotopic (exact) mass is 330 g/mol. The lowest BCUT2D eigenvalue weighted by atomic mass is 9.92. The second-order valence-corrected chi connectivity index (χ2v) is 7.31. The Balaban J connectivity index is 2.15. The lowest BCUT2D eigenvalue weighted by molar-refractivity contribution is -0.286. The molecule has 1 fully saturated rings. The van der Waals surface area contributed by atoms with E-state index in [1.165, 1.54) is 0 Å². The highest BCUT2D eigenvalue weighted by atomic mass is 16.7. The molecule has 0 amide bonds. The molecule has 1 saturated heterocycles. The SMILES string of the molecule is CCCCC[C@@](C)(C#N)N[C@H]1COC(C)(C)O[C@H]1c1ccccc1. The van der Waals surface area contributed by atoms with Crippen LogP contribution in [0.4, 0.5) is 0 Å². The molecule has 1 N–H and O–H groups in total. The van der Waals surface area contributed by atoms with E-state index in [9.17, 15) is 5.26 Å². The Hall–Kier alpha value is -1.41. The van der Waals surface area contributed by atoms with E-state index in [0.717, 1.165) is 31.2 Å². The van der Waals surface area contributed by atoms with Gasteiger partial charge in [-0.2, -0.15) is 5.26 Å². The van der Waals surface area contributed by atoms with Gasteiger partial charge in [0.15, 0.2) is 5.79 Å². The van der Waals surface area contributed by atoms with Gasteiger partial charge >= 0.3 is 0 Å². The van der Waals surface area contributed by atoms with Crippen LogP contribution >= 0.6 is 0 Å².